The van der Waals surface area contributed by atoms with E-state index in [0.717, 1.165) is 5.56 Å². The van der Waals surface area contributed by atoms with Crippen molar-refractivity contribution in [2.45, 2.75) is 12.8 Å². The third kappa shape index (κ3) is 2.37. The normalized spacial score (nSPS) is 10.9. The summed E-state index contributed by atoms with van der Waals surface area (Å²) < 4.78 is 5.51. The molecule has 0 saturated heterocycles. The van der Waals surface area contributed by atoms with Gasteiger partial charge in [0.25, 0.3) is 0 Å². The van der Waals surface area contributed by atoms with Crippen LogP contribution in [-0.2, 0) is 12.8 Å². The lowest BCUT2D eigenvalue weighted by atomic mass is 10.1. The monoisotopic (exact) mass is 298 g/mol. The molecule has 3 rings (SSSR count). The fourth-order valence-corrected chi connectivity index (χ4v) is 2.36. The first-order valence-corrected chi connectivity index (χ1v) is 6.81. The van der Waals surface area contributed by atoms with Crippen molar-refractivity contribution in [3.63, 3.8) is 0 Å². The Balaban J connectivity index is 2.03. The summed E-state index contributed by atoms with van der Waals surface area (Å²) in [5, 5.41) is 29.0. The lowest BCUT2D eigenvalue weighted by Crippen LogP contribution is -2.05. The van der Waals surface area contributed by atoms with Crippen LogP contribution in [0.5, 0.6) is 17.2 Å². The Kier molecular flexibility index (Phi) is 3.47. The highest BCUT2D eigenvalue weighted by molar-refractivity contribution is 5.86. The number of fused-ring (bicyclic) bond motifs is 1. The fraction of sp³-hybridized carbons (Fsp3) is 0.118. The fourth-order valence-electron chi connectivity index (χ4n) is 2.36. The van der Waals surface area contributed by atoms with Crippen LogP contribution >= 0.6 is 0 Å². The zero-order valence-electron chi connectivity index (χ0n) is 11.6. The SMILES string of the molecule is O=c1c(O)c(CCc2ccccc2)oc2ccc(O)c(O)c12. The van der Waals surface area contributed by atoms with Crippen molar-refractivity contribution in [1.82, 2.24) is 0 Å². The van der Waals surface area contributed by atoms with E-state index >= 15 is 0 Å². The molecule has 0 radical (unpaired) electrons. The minimum Gasteiger partial charge on any atom is -0.504 e. The Morgan fingerprint density at radius 3 is 2.32 bits per heavy atom. The smallest absolute Gasteiger partial charge is 0.238 e. The van der Waals surface area contributed by atoms with Gasteiger partial charge >= 0.3 is 0 Å². The van der Waals surface area contributed by atoms with Gasteiger partial charge in [-0.15, -0.1) is 0 Å². The lowest BCUT2D eigenvalue weighted by Gasteiger charge is -2.07. The molecule has 3 N–H and O–H groups in total. The van der Waals surface area contributed by atoms with E-state index in [2.05, 4.69) is 0 Å². The molecule has 3 aromatic rings. The van der Waals surface area contributed by atoms with Gasteiger partial charge in [0.15, 0.2) is 17.3 Å². The van der Waals surface area contributed by atoms with Crippen molar-refractivity contribution in [3.05, 3.63) is 64.0 Å². The predicted octanol–water partition coefficient (Wildman–Crippen LogP) is 2.70. The van der Waals surface area contributed by atoms with E-state index in [-0.39, 0.29) is 16.7 Å². The van der Waals surface area contributed by atoms with Gasteiger partial charge < -0.3 is 19.7 Å². The number of phenols is 2. The Labute approximate surface area is 125 Å². The molecule has 1 aromatic heterocycles. The van der Waals surface area contributed by atoms with Gasteiger partial charge in [0.05, 0.1) is 0 Å². The number of hydrogen-bond donors (Lipinski definition) is 3. The van der Waals surface area contributed by atoms with Gasteiger partial charge in [0.2, 0.25) is 11.2 Å². The van der Waals surface area contributed by atoms with Crippen molar-refractivity contribution in [1.29, 1.82) is 0 Å². The van der Waals surface area contributed by atoms with Crippen LogP contribution < -0.4 is 5.43 Å². The highest BCUT2D eigenvalue weighted by Gasteiger charge is 2.18. The molecule has 0 unspecified atom stereocenters. The summed E-state index contributed by atoms with van der Waals surface area (Å²) >= 11 is 0. The highest BCUT2D eigenvalue weighted by Crippen LogP contribution is 2.33. The van der Waals surface area contributed by atoms with Gasteiger partial charge in [-0.1, -0.05) is 30.3 Å². The third-order valence-electron chi connectivity index (χ3n) is 3.54. The minimum absolute atomic E-state index is 0.126. The van der Waals surface area contributed by atoms with Gasteiger partial charge in [-0.2, -0.15) is 0 Å². The lowest BCUT2D eigenvalue weighted by molar-refractivity contribution is 0.399. The van der Waals surface area contributed by atoms with E-state index in [0.29, 0.717) is 12.8 Å². The van der Waals surface area contributed by atoms with Crippen LogP contribution in [0.1, 0.15) is 11.3 Å². The molecule has 0 aliphatic rings. The standard InChI is InChI=1S/C17H14O5/c18-11-7-9-12-14(15(11)19)17(21)16(20)13(22-12)8-6-10-4-2-1-3-5-10/h1-5,7,9,18-20H,6,8H2. The van der Waals surface area contributed by atoms with E-state index in [1.54, 1.807) is 0 Å². The number of aryl methyl sites for hydroxylation is 2. The van der Waals surface area contributed by atoms with Crippen LogP contribution in [0.25, 0.3) is 11.0 Å². The molecule has 0 amide bonds. The summed E-state index contributed by atoms with van der Waals surface area (Å²) in [7, 11) is 0. The molecule has 0 spiro atoms. The molecule has 22 heavy (non-hydrogen) atoms. The minimum atomic E-state index is -0.752. The molecular weight excluding hydrogens is 284 g/mol. The Morgan fingerprint density at radius 2 is 1.59 bits per heavy atom. The van der Waals surface area contributed by atoms with Gasteiger partial charge in [0, 0.05) is 6.42 Å². The average Bonchev–Trinajstić information content (AvgIpc) is 2.54. The van der Waals surface area contributed by atoms with Crippen molar-refractivity contribution >= 4 is 11.0 Å². The predicted molar refractivity (Wildman–Crippen MR) is 81.3 cm³/mol. The van der Waals surface area contributed by atoms with Crippen molar-refractivity contribution < 1.29 is 19.7 Å². The van der Waals surface area contributed by atoms with E-state index in [4.69, 9.17) is 4.42 Å². The van der Waals surface area contributed by atoms with Crippen LogP contribution in [0.3, 0.4) is 0 Å². The summed E-state index contributed by atoms with van der Waals surface area (Å²) in [4.78, 5) is 12.2. The number of benzene rings is 2. The molecule has 0 atom stereocenters. The summed E-state index contributed by atoms with van der Waals surface area (Å²) in [5.41, 5.74) is 0.428. The quantitative estimate of drug-likeness (QED) is 0.647. The first-order valence-electron chi connectivity index (χ1n) is 6.81. The number of hydrogen-bond acceptors (Lipinski definition) is 5. The second kappa shape index (κ2) is 5.44. The molecule has 112 valence electrons. The molecule has 0 saturated carbocycles. The Bertz CT molecular complexity index is 881. The largest absolute Gasteiger partial charge is 0.504 e. The summed E-state index contributed by atoms with van der Waals surface area (Å²) in [5.74, 6) is -1.40. The van der Waals surface area contributed by atoms with Crippen LogP contribution in [-0.4, -0.2) is 15.3 Å². The van der Waals surface area contributed by atoms with Gasteiger partial charge in [0.1, 0.15) is 11.0 Å². The van der Waals surface area contributed by atoms with E-state index < -0.39 is 22.7 Å². The Morgan fingerprint density at radius 1 is 0.864 bits per heavy atom. The molecule has 0 fully saturated rings. The maximum Gasteiger partial charge on any atom is 0.238 e. The maximum absolute atomic E-state index is 12.2. The summed E-state index contributed by atoms with van der Waals surface area (Å²) in [6, 6.07) is 12.2. The average molecular weight is 298 g/mol. The zero-order chi connectivity index (χ0) is 15.7. The van der Waals surface area contributed by atoms with Gasteiger partial charge in [-0.25, -0.2) is 0 Å². The zero-order valence-corrected chi connectivity index (χ0v) is 11.6. The molecule has 5 nitrogen and oxygen atoms in total. The topological polar surface area (TPSA) is 90.9 Å². The van der Waals surface area contributed by atoms with E-state index in [1.807, 2.05) is 30.3 Å². The molecule has 5 heteroatoms. The van der Waals surface area contributed by atoms with Crippen molar-refractivity contribution in [2.75, 3.05) is 0 Å². The molecule has 0 aliphatic heterocycles. The van der Waals surface area contributed by atoms with Crippen LogP contribution in [0.2, 0.25) is 0 Å². The van der Waals surface area contributed by atoms with Crippen LogP contribution in [0.15, 0.2) is 51.7 Å². The summed E-state index contributed by atoms with van der Waals surface area (Å²) in [6.07, 6.45) is 0.954. The van der Waals surface area contributed by atoms with Crippen molar-refractivity contribution in [3.8, 4) is 17.2 Å². The second-order valence-electron chi connectivity index (χ2n) is 4.99. The second-order valence-corrected chi connectivity index (χ2v) is 4.99. The highest BCUT2D eigenvalue weighted by atomic mass is 16.4. The Hall–Kier alpha value is -2.95. The van der Waals surface area contributed by atoms with Crippen LogP contribution in [0, 0.1) is 0 Å². The van der Waals surface area contributed by atoms with E-state index in [1.165, 1.54) is 12.1 Å². The third-order valence-corrected chi connectivity index (χ3v) is 3.54. The molecule has 1 heterocycles. The molecule has 0 bridgehead atoms. The summed E-state index contributed by atoms with van der Waals surface area (Å²) in [6.45, 7) is 0. The molecular formula is C17H14O5. The molecule has 2 aromatic carbocycles. The number of aromatic hydroxyl groups is 3. The van der Waals surface area contributed by atoms with Crippen molar-refractivity contribution in [2.24, 2.45) is 0 Å². The first-order chi connectivity index (χ1) is 10.6. The van der Waals surface area contributed by atoms with Gasteiger partial charge in [-0.05, 0) is 24.1 Å². The van der Waals surface area contributed by atoms with Crippen LogP contribution in [0.4, 0.5) is 0 Å². The maximum atomic E-state index is 12.2. The number of phenolic OH excluding ortho intramolecular Hbond substituents is 2. The van der Waals surface area contributed by atoms with Gasteiger partial charge in [-0.3, -0.25) is 4.79 Å². The first kappa shape index (κ1) is 14.0. The van der Waals surface area contributed by atoms with E-state index in [9.17, 15) is 20.1 Å². The molecule has 0 aliphatic carbocycles. The number of rotatable bonds is 3.